The Morgan fingerprint density at radius 1 is 1.35 bits per heavy atom. The number of alkyl halides is 2. The largest absolute Gasteiger partial charge is 0.480 e. The van der Waals surface area contributed by atoms with Crippen LogP contribution < -0.4 is 10.6 Å². The molecule has 1 rings (SSSR count). The van der Waals surface area contributed by atoms with Crippen LogP contribution in [0, 0.1) is 6.92 Å². The van der Waals surface area contributed by atoms with Crippen LogP contribution in [0.25, 0.3) is 0 Å². The first-order valence-electron chi connectivity index (χ1n) is 6.38. The van der Waals surface area contributed by atoms with Crippen LogP contribution in [0.4, 0.5) is 5.69 Å². The summed E-state index contributed by atoms with van der Waals surface area (Å²) < 4.78 is 0. The van der Waals surface area contributed by atoms with Crippen molar-refractivity contribution in [3.8, 4) is 0 Å². The molecule has 0 aliphatic carbocycles. The second-order valence-electron chi connectivity index (χ2n) is 4.81. The van der Waals surface area contributed by atoms with Crippen LogP contribution in [-0.4, -0.2) is 28.1 Å². The molecule has 6 heteroatoms. The maximum atomic E-state index is 10.9. The minimum absolute atomic E-state index is 0.272. The van der Waals surface area contributed by atoms with Gasteiger partial charge in [0.25, 0.3) is 0 Å². The number of benzene rings is 1. The number of aliphatic carboxylic acids is 1. The van der Waals surface area contributed by atoms with Crippen LogP contribution in [0.3, 0.4) is 0 Å². The highest BCUT2D eigenvalue weighted by molar-refractivity contribution is 6.25. The van der Waals surface area contributed by atoms with E-state index in [0.717, 1.165) is 16.8 Å². The Morgan fingerprint density at radius 2 is 1.90 bits per heavy atom. The molecule has 20 heavy (non-hydrogen) atoms. The topological polar surface area (TPSA) is 66.6 Å². The van der Waals surface area contributed by atoms with E-state index >= 15 is 0 Å². The van der Waals surface area contributed by atoms with Gasteiger partial charge in [0, 0.05) is 5.69 Å². The summed E-state index contributed by atoms with van der Waals surface area (Å²) in [4.78, 5) is 12.7. The number of anilines is 1. The van der Waals surface area contributed by atoms with E-state index in [1.165, 1.54) is 0 Å². The van der Waals surface area contributed by atoms with Gasteiger partial charge in [0.2, 0.25) is 0 Å². The molecule has 0 heterocycles. The van der Waals surface area contributed by atoms with E-state index in [1.807, 2.05) is 43.9 Å². The van der Waals surface area contributed by atoms with Crippen molar-refractivity contribution in [2.24, 2.45) is 5.73 Å². The average Bonchev–Trinajstić information content (AvgIpc) is 2.32. The lowest BCUT2D eigenvalue weighted by atomic mass is 10.0. The summed E-state index contributed by atoms with van der Waals surface area (Å²) in [5, 5.41) is 8.91. The minimum Gasteiger partial charge on any atom is -0.480 e. The Bertz CT molecular complexity index is 470. The van der Waals surface area contributed by atoms with Crippen molar-refractivity contribution < 1.29 is 9.90 Å². The van der Waals surface area contributed by atoms with Crippen LogP contribution >= 0.6 is 23.2 Å². The summed E-state index contributed by atoms with van der Waals surface area (Å²) in [5.74, 6) is -1.01. The lowest BCUT2D eigenvalue weighted by Gasteiger charge is -2.30. The molecule has 0 aliphatic rings. The van der Waals surface area contributed by atoms with Gasteiger partial charge in [-0.2, -0.15) is 0 Å². The molecule has 0 saturated heterocycles. The first-order valence-corrected chi connectivity index (χ1v) is 7.25. The summed E-state index contributed by atoms with van der Waals surface area (Å²) in [5.41, 5.74) is 7.79. The smallest absolute Gasteiger partial charge is 0.320 e. The quantitative estimate of drug-likeness (QED) is 0.625. The summed E-state index contributed by atoms with van der Waals surface area (Å²) in [6, 6.07) is 4.82. The number of carbonyl (C=O) groups is 1. The number of rotatable bonds is 6. The van der Waals surface area contributed by atoms with E-state index in [-0.39, 0.29) is 17.4 Å². The number of nitrogens with two attached hydrogens (primary N) is 1. The van der Waals surface area contributed by atoms with Gasteiger partial charge >= 0.3 is 5.97 Å². The Morgan fingerprint density at radius 3 is 2.35 bits per heavy atom. The SMILES string of the molecule is Cc1ccc(N(C(C)Cl)C(C)Cl)cc1CC(N)C(=O)O. The Hall–Kier alpha value is -0.970. The second-order valence-corrected chi connectivity index (χ2v) is 6.08. The van der Waals surface area contributed by atoms with Gasteiger partial charge in [-0.15, -0.1) is 0 Å². The Kier molecular flexibility index (Phi) is 6.11. The first-order chi connectivity index (χ1) is 9.23. The van der Waals surface area contributed by atoms with E-state index in [9.17, 15) is 4.79 Å². The van der Waals surface area contributed by atoms with Gasteiger partial charge in [0.15, 0.2) is 0 Å². The molecule has 0 spiro atoms. The molecule has 0 aromatic heterocycles. The lowest BCUT2D eigenvalue weighted by Crippen LogP contribution is -2.35. The van der Waals surface area contributed by atoms with E-state index in [1.54, 1.807) is 0 Å². The van der Waals surface area contributed by atoms with Crippen LogP contribution in [0.5, 0.6) is 0 Å². The molecule has 112 valence electrons. The maximum Gasteiger partial charge on any atom is 0.320 e. The van der Waals surface area contributed by atoms with E-state index in [4.69, 9.17) is 34.0 Å². The molecule has 0 saturated carbocycles. The van der Waals surface area contributed by atoms with Gasteiger partial charge in [-0.05, 0) is 50.5 Å². The average molecular weight is 319 g/mol. The predicted molar refractivity (Wildman–Crippen MR) is 83.6 cm³/mol. The number of aryl methyl sites for hydroxylation is 1. The highest BCUT2D eigenvalue weighted by Crippen LogP contribution is 2.26. The highest BCUT2D eigenvalue weighted by atomic mass is 35.5. The third-order valence-corrected chi connectivity index (χ3v) is 3.58. The zero-order chi connectivity index (χ0) is 15.4. The van der Waals surface area contributed by atoms with Crippen molar-refractivity contribution in [3.63, 3.8) is 0 Å². The molecule has 1 aromatic carbocycles. The van der Waals surface area contributed by atoms with E-state index in [2.05, 4.69) is 0 Å². The molecule has 3 N–H and O–H groups in total. The van der Waals surface area contributed by atoms with Gasteiger partial charge in [-0.3, -0.25) is 4.79 Å². The Balaban J connectivity index is 3.10. The third-order valence-electron chi connectivity index (χ3n) is 3.15. The number of carboxylic acids is 1. The van der Waals surface area contributed by atoms with Crippen molar-refractivity contribution >= 4 is 34.9 Å². The zero-order valence-corrected chi connectivity index (χ0v) is 13.3. The van der Waals surface area contributed by atoms with Crippen LogP contribution in [0.2, 0.25) is 0 Å². The molecule has 3 unspecified atom stereocenters. The summed E-state index contributed by atoms with van der Waals surface area (Å²) >= 11 is 12.3. The van der Waals surface area contributed by atoms with Crippen molar-refractivity contribution in [2.45, 2.75) is 44.2 Å². The number of halogens is 2. The normalized spacial score (nSPS) is 15.5. The van der Waals surface area contributed by atoms with Gasteiger partial charge in [-0.25, -0.2) is 0 Å². The number of hydrogen-bond acceptors (Lipinski definition) is 3. The minimum atomic E-state index is -1.01. The number of carboxylic acid groups (broad SMARTS) is 1. The molecule has 0 bridgehead atoms. The zero-order valence-electron chi connectivity index (χ0n) is 11.8. The van der Waals surface area contributed by atoms with Crippen LogP contribution in [0.15, 0.2) is 18.2 Å². The van der Waals surface area contributed by atoms with Gasteiger partial charge in [0.1, 0.15) is 17.0 Å². The lowest BCUT2D eigenvalue weighted by molar-refractivity contribution is -0.138. The molecule has 4 nitrogen and oxygen atoms in total. The molecule has 3 atom stereocenters. The highest BCUT2D eigenvalue weighted by Gasteiger charge is 2.19. The van der Waals surface area contributed by atoms with Gasteiger partial charge in [0.05, 0.1) is 0 Å². The van der Waals surface area contributed by atoms with E-state index in [0.29, 0.717) is 0 Å². The van der Waals surface area contributed by atoms with Crippen LogP contribution in [-0.2, 0) is 11.2 Å². The maximum absolute atomic E-state index is 10.9. The third kappa shape index (κ3) is 4.27. The van der Waals surface area contributed by atoms with Crippen molar-refractivity contribution in [1.82, 2.24) is 0 Å². The second kappa shape index (κ2) is 7.16. The molecule has 1 aromatic rings. The summed E-state index contributed by atoms with van der Waals surface area (Å²) in [6.07, 6.45) is 0.274. The predicted octanol–water partition coefficient (Wildman–Crippen LogP) is 2.93. The molecule has 0 aliphatic heterocycles. The van der Waals surface area contributed by atoms with Crippen molar-refractivity contribution in [1.29, 1.82) is 0 Å². The van der Waals surface area contributed by atoms with E-state index < -0.39 is 12.0 Å². The fourth-order valence-electron chi connectivity index (χ4n) is 2.06. The van der Waals surface area contributed by atoms with Gasteiger partial charge < -0.3 is 15.7 Å². The fourth-order valence-corrected chi connectivity index (χ4v) is 2.68. The monoisotopic (exact) mass is 318 g/mol. The van der Waals surface area contributed by atoms with Crippen molar-refractivity contribution in [3.05, 3.63) is 29.3 Å². The molecule has 0 amide bonds. The molecule has 0 fully saturated rings. The first kappa shape index (κ1) is 17.1. The molecular weight excluding hydrogens is 299 g/mol. The molecular formula is C14H20Cl2N2O2. The Labute approximate surface area is 129 Å². The summed E-state index contributed by atoms with van der Waals surface area (Å²) in [7, 11) is 0. The standard InChI is InChI=1S/C14H20Cl2N2O2/c1-8-4-5-12(18(9(2)15)10(3)16)6-11(8)7-13(17)14(19)20/h4-6,9-10,13H,7,17H2,1-3H3,(H,19,20). The van der Waals surface area contributed by atoms with Crippen molar-refractivity contribution in [2.75, 3.05) is 4.90 Å². The van der Waals surface area contributed by atoms with Crippen LogP contribution in [0.1, 0.15) is 25.0 Å². The van der Waals surface area contributed by atoms with Gasteiger partial charge in [-0.1, -0.05) is 29.3 Å². The number of nitrogens with zero attached hydrogens (tertiary/aromatic N) is 1. The summed E-state index contributed by atoms with van der Waals surface area (Å²) in [6.45, 7) is 5.60. The fraction of sp³-hybridized carbons (Fsp3) is 0.500. The number of hydrogen-bond donors (Lipinski definition) is 2. The molecule has 0 radical (unpaired) electrons.